The SMILES string of the molecule is CC[C@H](C)[C@H](NC(=O)/C=C/C1CC1)C(=O)O. The molecule has 1 rings (SSSR count). The normalized spacial score (nSPS) is 19.4. The van der Waals surface area contributed by atoms with Crippen molar-refractivity contribution < 1.29 is 14.7 Å². The summed E-state index contributed by atoms with van der Waals surface area (Å²) in [4.78, 5) is 22.4. The van der Waals surface area contributed by atoms with E-state index >= 15 is 0 Å². The quantitative estimate of drug-likeness (QED) is 0.674. The van der Waals surface area contributed by atoms with Crippen LogP contribution >= 0.6 is 0 Å². The molecule has 0 radical (unpaired) electrons. The molecule has 0 aromatic heterocycles. The largest absolute Gasteiger partial charge is 0.480 e. The zero-order valence-electron chi connectivity index (χ0n) is 9.77. The number of carbonyl (C=O) groups excluding carboxylic acids is 1. The summed E-state index contributed by atoms with van der Waals surface area (Å²) in [7, 11) is 0. The monoisotopic (exact) mass is 225 g/mol. The summed E-state index contributed by atoms with van der Waals surface area (Å²) in [5, 5.41) is 11.5. The van der Waals surface area contributed by atoms with Gasteiger partial charge in [0.15, 0.2) is 0 Å². The van der Waals surface area contributed by atoms with Crippen molar-refractivity contribution in [1.29, 1.82) is 0 Å². The van der Waals surface area contributed by atoms with Crippen molar-refractivity contribution in [3.63, 3.8) is 0 Å². The number of allylic oxidation sites excluding steroid dienone is 1. The van der Waals surface area contributed by atoms with Crippen molar-refractivity contribution in [2.75, 3.05) is 0 Å². The van der Waals surface area contributed by atoms with E-state index in [1.165, 1.54) is 6.08 Å². The molecule has 0 saturated heterocycles. The maximum absolute atomic E-state index is 11.4. The molecule has 2 atom stereocenters. The lowest BCUT2D eigenvalue weighted by Crippen LogP contribution is -2.44. The van der Waals surface area contributed by atoms with E-state index in [9.17, 15) is 9.59 Å². The third-order valence-corrected chi connectivity index (χ3v) is 2.92. The van der Waals surface area contributed by atoms with Gasteiger partial charge in [-0.1, -0.05) is 26.3 Å². The van der Waals surface area contributed by atoms with Gasteiger partial charge in [0.2, 0.25) is 5.91 Å². The molecule has 0 aliphatic heterocycles. The summed E-state index contributed by atoms with van der Waals surface area (Å²) >= 11 is 0. The summed E-state index contributed by atoms with van der Waals surface area (Å²) in [5.74, 6) is -0.810. The van der Waals surface area contributed by atoms with E-state index in [-0.39, 0.29) is 11.8 Å². The van der Waals surface area contributed by atoms with Crippen LogP contribution in [0, 0.1) is 11.8 Å². The maximum Gasteiger partial charge on any atom is 0.326 e. The average Bonchev–Trinajstić information content (AvgIpc) is 3.05. The highest BCUT2D eigenvalue weighted by Gasteiger charge is 2.24. The molecule has 1 aliphatic carbocycles. The van der Waals surface area contributed by atoms with E-state index in [1.54, 1.807) is 0 Å². The number of aliphatic carboxylic acids is 1. The minimum Gasteiger partial charge on any atom is -0.480 e. The molecule has 0 aromatic rings. The van der Waals surface area contributed by atoms with Crippen molar-refractivity contribution in [1.82, 2.24) is 5.32 Å². The van der Waals surface area contributed by atoms with Gasteiger partial charge in [0, 0.05) is 0 Å². The highest BCUT2D eigenvalue weighted by atomic mass is 16.4. The molecule has 4 nitrogen and oxygen atoms in total. The minimum absolute atomic E-state index is 0.0595. The Bertz CT molecular complexity index is 295. The van der Waals surface area contributed by atoms with Gasteiger partial charge < -0.3 is 10.4 Å². The number of carboxylic acids is 1. The second-order valence-electron chi connectivity index (χ2n) is 4.41. The van der Waals surface area contributed by atoms with Crippen molar-refractivity contribution in [2.24, 2.45) is 11.8 Å². The lowest BCUT2D eigenvalue weighted by atomic mass is 9.99. The molecular formula is C12H19NO3. The van der Waals surface area contributed by atoms with Crippen LogP contribution in [0.15, 0.2) is 12.2 Å². The predicted molar refractivity (Wildman–Crippen MR) is 60.9 cm³/mol. The molecule has 0 spiro atoms. The van der Waals surface area contributed by atoms with E-state index in [4.69, 9.17) is 5.11 Å². The van der Waals surface area contributed by atoms with E-state index in [1.807, 2.05) is 19.9 Å². The second kappa shape index (κ2) is 5.68. The Morgan fingerprint density at radius 3 is 2.56 bits per heavy atom. The Hall–Kier alpha value is -1.32. The molecule has 1 aliphatic rings. The molecule has 16 heavy (non-hydrogen) atoms. The standard InChI is InChI=1S/C12H19NO3/c1-3-8(2)11(12(15)16)13-10(14)7-6-9-4-5-9/h6-9,11H,3-5H2,1-2H3,(H,13,14)(H,15,16)/b7-6+/t8-,11-/m0/s1. The summed E-state index contributed by atoms with van der Waals surface area (Å²) in [6.45, 7) is 3.73. The fourth-order valence-corrected chi connectivity index (χ4v) is 1.40. The molecule has 2 N–H and O–H groups in total. The van der Waals surface area contributed by atoms with E-state index in [0.29, 0.717) is 5.92 Å². The first-order valence-electron chi connectivity index (χ1n) is 5.76. The van der Waals surface area contributed by atoms with Crippen LogP contribution in [-0.2, 0) is 9.59 Å². The number of hydrogen-bond donors (Lipinski definition) is 2. The van der Waals surface area contributed by atoms with Crippen LogP contribution in [0.3, 0.4) is 0 Å². The lowest BCUT2D eigenvalue weighted by molar-refractivity contribution is -0.142. The summed E-state index contributed by atoms with van der Waals surface area (Å²) in [5.41, 5.74) is 0. The Morgan fingerprint density at radius 2 is 2.12 bits per heavy atom. The van der Waals surface area contributed by atoms with Gasteiger partial charge in [-0.3, -0.25) is 4.79 Å². The molecule has 1 fully saturated rings. The van der Waals surface area contributed by atoms with Gasteiger partial charge in [-0.15, -0.1) is 0 Å². The lowest BCUT2D eigenvalue weighted by Gasteiger charge is -2.19. The van der Waals surface area contributed by atoms with Crippen molar-refractivity contribution >= 4 is 11.9 Å². The smallest absolute Gasteiger partial charge is 0.326 e. The highest BCUT2D eigenvalue weighted by Crippen LogP contribution is 2.29. The summed E-state index contributed by atoms with van der Waals surface area (Å²) in [6.07, 6.45) is 6.30. The molecule has 1 amide bonds. The molecular weight excluding hydrogens is 206 g/mol. The average molecular weight is 225 g/mol. The van der Waals surface area contributed by atoms with Crippen molar-refractivity contribution in [3.05, 3.63) is 12.2 Å². The number of amides is 1. The molecule has 0 aromatic carbocycles. The third kappa shape index (κ3) is 4.04. The fourth-order valence-electron chi connectivity index (χ4n) is 1.40. The molecule has 90 valence electrons. The zero-order chi connectivity index (χ0) is 12.1. The van der Waals surface area contributed by atoms with Crippen LogP contribution in [-0.4, -0.2) is 23.0 Å². The second-order valence-corrected chi connectivity index (χ2v) is 4.41. The van der Waals surface area contributed by atoms with Crippen molar-refractivity contribution in [3.8, 4) is 0 Å². The first-order chi connectivity index (χ1) is 7.54. The van der Waals surface area contributed by atoms with E-state index in [0.717, 1.165) is 19.3 Å². The van der Waals surface area contributed by atoms with Gasteiger partial charge in [0.05, 0.1) is 0 Å². The van der Waals surface area contributed by atoms with Gasteiger partial charge >= 0.3 is 5.97 Å². The predicted octanol–water partition coefficient (Wildman–Crippen LogP) is 1.57. The first-order valence-corrected chi connectivity index (χ1v) is 5.76. The van der Waals surface area contributed by atoms with Crippen LogP contribution < -0.4 is 5.32 Å². The number of carbonyl (C=O) groups is 2. The topological polar surface area (TPSA) is 66.4 Å². The Balaban J connectivity index is 2.46. The number of carboxylic acid groups (broad SMARTS) is 1. The van der Waals surface area contributed by atoms with Gasteiger partial charge in [0.1, 0.15) is 6.04 Å². The van der Waals surface area contributed by atoms with Gasteiger partial charge in [-0.2, -0.15) is 0 Å². The molecule has 0 bridgehead atoms. The molecule has 4 heteroatoms. The van der Waals surface area contributed by atoms with Crippen LogP contribution in [0.5, 0.6) is 0 Å². The minimum atomic E-state index is -0.970. The summed E-state index contributed by atoms with van der Waals surface area (Å²) in [6, 6.07) is -0.790. The Morgan fingerprint density at radius 1 is 1.50 bits per heavy atom. The van der Waals surface area contributed by atoms with Crippen molar-refractivity contribution in [2.45, 2.75) is 39.2 Å². The van der Waals surface area contributed by atoms with Crippen LogP contribution in [0.25, 0.3) is 0 Å². The summed E-state index contributed by atoms with van der Waals surface area (Å²) < 4.78 is 0. The van der Waals surface area contributed by atoms with Gasteiger partial charge in [-0.05, 0) is 30.8 Å². The highest BCUT2D eigenvalue weighted by molar-refractivity contribution is 5.91. The Labute approximate surface area is 95.7 Å². The number of hydrogen-bond acceptors (Lipinski definition) is 2. The molecule has 1 saturated carbocycles. The molecule has 0 unspecified atom stereocenters. The van der Waals surface area contributed by atoms with E-state index in [2.05, 4.69) is 5.32 Å². The van der Waals surface area contributed by atoms with Crippen LogP contribution in [0.1, 0.15) is 33.1 Å². The maximum atomic E-state index is 11.4. The first kappa shape index (κ1) is 12.7. The van der Waals surface area contributed by atoms with Crippen LogP contribution in [0.4, 0.5) is 0 Å². The fraction of sp³-hybridized carbons (Fsp3) is 0.667. The van der Waals surface area contributed by atoms with Gasteiger partial charge in [0.25, 0.3) is 0 Å². The van der Waals surface area contributed by atoms with E-state index < -0.39 is 12.0 Å². The van der Waals surface area contributed by atoms with Gasteiger partial charge in [-0.25, -0.2) is 4.79 Å². The third-order valence-electron chi connectivity index (χ3n) is 2.92. The molecule has 0 heterocycles. The Kier molecular flexibility index (Phi) is 4.52. The zero-order valence-corrected chi connectivity index (χ0v) is 9.77. The van der Waals surface area contributed by atoms with Crippen LogP contribution in [0.2, 0.25) is 0 Å². The number of rotatable bonds is 6. The number of nitrogens with one attached hydrogen (secondary N) is 1.